The van der Waals surface area contributed by atoms with Crippen molar-refractivity contribution in [1.29, 1.82) is 0 Å². The molecule has 0 fully saturated rings. The fourth-order valence-electron chi connectivity index (χ4n) is 1.92. The first-order valence-electron chi connectivity index (χ1n) is 5.76. The molecule has 7 heteroatoms. The molecule has 2 aromatic rings. The van der Waals surface area contributed by atoms with Crippen molar-refractivity contribution in [1.82, 2.24) is 0 Å². The monoisotopic (exact) mass is 426 g/mol. The lowest BCUT2D eigenvalue weighted by Gasteiger charge is -2.15. The summed E-state index contributed by atoms with van der Waals surface area (Å²) in [7, 11) is 0. The fraction of sp³-hybridized carbons (Fsp3) is 0.143. The van der Waals surface area contributed by atoms with Gasteiger partial charge in [-0.2, -0.15) is 0 Å². The smallest absolute Gasteiger partial charge is 0.143 e. The van der Waals surface area contributed by atoms with Gasteiger partial charge in [-0.25, -0.2) is 17.6 Å². The molecule has 2 aromatic carbocycles. The third-order valence-electron chi connectivity index (χ3n) is 2.91. The van der Waals surface area contributed by atoms with Gasteiger partial charge in [-0.3, -0.25) is 0 Å². The predicted octanol–water partition coefficient (Wildman–Crippen LogP) is 5.04. The molecule has 0 spiro atoms. The van der Waals surface area contributed by atoms with Gasteiger partial charge in [-0.1, -0.05) is 15.9 Å². The highest BCUT2D eigenvalue weighted by Gasteiger charge is 2.23. The molecule has 112 valence electrons. The molecule has 1 atom stereocenters. The number of rotatable bonds is 3. The maximum Gasteiger partial charge on any atom is 0.143 e. The van der Waals surface area contributed by atoms with Crippen LogP contribution in [0.15, 0.2) is 33.2 Å². The fourth-order valence-corrected chi connectivity index (χ4v) is 2.70. The van der Waals surface area contributed by atoms with E-state index in [2.05, 4.69) is 31.9 Å². The molecule has 0 saturated heterocycles. The Hall–Kier alpha value is -0.920. The SMILES string of the molecule is OC(Cc1c(F)ccc(Br)c1F)c1c(F)cc(Br)cc1F. The van der Waals surface area contributed by atoms with Crippen LogP contribution in [0, 0.1) is 23.3 Å². The molecule has 1 unspecified atom stereocenters. The maximum absolute atomic E-state index is 13.8. The van der Waals surface area contributed by atoms with Crippen LogP contribution in [-0.4, -0.2) is 5.11 Å². The van der Waals surface area contributed by atoms with Crippen molar-refractivity contribution in [3.63, 3.8) is 0 Å². The zero-order valence-electron chi connectivity index (χ0n) is 10.3. The maximum atomic E-state index is 13.8. The van der Waals surface area contributed by atoms with Crippen LogP contribution in [0.4, 0.5) is 17.6 Å². The van der Waals surface area contributed by atoms with Crippen molar-refractivity contribution in [3.8, 4) is 0 Å². The summed E-state index contributed by atoms with van der Waals surface area (Å²) in [5, 5.41) is 9.92. The van der Waals surface area contributed by atoms with E-state index in [1.54, 1.807) is 0 Å². The summed E-state index contributed by atoms with van der Waals surface area (Å²) < 4.78 is 55.0. The molecule has 21 heavy (non-hydrogen) atoms. The number of hydrogen-bond acceptors (Lipinski definition) is 1. The number of aliphatic hydroxyl groups excluding tert-OH is 1. The third-order valence-corrected chi connectivity index (χ3v) is 3.98. The van der Waals surface area contributed by atoms with Gasteiger partial charge in [0.25, 0.3) is 0 Å². The topological polar surface area (TPSA) is 20.2 Å². The van der Waals surface area contributed by atoms with E-state index < -0.39 is 46.9 Å². The Bertz CT molecular complexity index is 668. The van der Waals surface area contributed by atoms with Gasteiger partial charge in [0.15, 0.2) is 0 Å². The van der Waals surface area contributed by atoms with Crippen molar-refractivity contribution in [3.05, 3.63) is 67.6 Å². The van der Waals surface area contributed by atoms with Gasteiger partial charge >= 0.3 is 0 Å². The summed E-state index contributed by atoms with van der Waals surface area (Å²) >= 11 is 5.80. The summed E-state index contributed by atoms with van der Waals surface area (Å²) in [5.41, 5.74) is -1.07. The highest BCUT2D eigenvalue weighted by atomic mass is 79.9. The Balaban J connectivity index is 2.40. The van der Waals surface area contributed by atoms with E-state index in [0.29, 0.717) is 0 Å². The van der Waals surface area contributed by atoms with E-state index in [0.717, 1.165) is 18.2 Å². The summed E-state index contributed by atoms with van der Waals surface area (Å²) in [6.45, 7) is 0. The van der Waals surface area contributed by atoms with E-state index in [4.69, 9.17) is 0 Å². The molecular formula is C14H8Br2F4O. The van der Waals surface area contributed by atoms with Gasteiger partial charge in [-0.05, 0) is 40.2 Å². The van der Waals surface area contributed by atoms with Crippen LogP contribution in [0.5, 0.6) is 0 Å². The molecule has 0 radical (unpaired) electrons. The lowest BCUT2D eigenvalue weighted by molar-refractivity contribution is 0.165. The molecule has 0 saturated carbocycles. The largest absolute Gasteiger partial charge is 0.388 e. The lowest BCUT2D eigenvalue weighted by Crippen LogP contribution is -2.10. The molecule has 0 aliphatic rings. The Morgan fingerprint density at radius 3 is 2.10 bits per heavy atom. The summed E-state index contributed by atoms with van der Waals surface area (Å²) in [4.78, 5) is 0. The molecule has 0 amide bonds. The molecule has 0 bridgehead atoms. The standard InChI is InChI=1S/C14H8Br2F4O/c15-6-3-10(18)13(11(19)4-6)12(21)5-7-9(17)2-1-8(16)14(7)20/h1-4,12,21H,5H2. The van der Waals surface area contributed by atoms with Crippen LogP contribution in [0.3, 0.4) is 0 Å². The van der Waals surface area contributed by atoms with Gasteiger partial charge in [0.05, 0.1) is 16.1 Å². The second-order valence-electron chi connectivity index (χ2n) is 4.32. The number of halogens is 6. The molecule has 0 aromatic heterocycles. The van der Waals surface area contributed by atoms with Gasteiger partial charge in [0, 0.05) is 16.5 Å². The van der Waals surface area contributed by atoms with Gasteiger partial charge in [-0.15, -0.1) is 0 Å². The average Bonchev–Trinajstić information content (AvgIpc) is 2.38. The molecular weight excluding hydrogens is 420 g/mol. The van der Waals surface area contributed by atoms with Gasteiger partial charge < -0.3 is 5.11 Å². The van der Waals surface area contributed by atoms with E-state index in [-0.39, 0.29) is 8.95 Å². The van der Waals surface area contributed by atoms with Gasteiger partial charge in [0.2, 0.25) is 0 Å². The first-order chi connectivity index (χ1) is 9.81. The molecule has 0 aliphatic carbocycles. The van der Waals surface area contributed by atoms with Crippen molar-refractivity contribution in [2.24, 2.45) is 0 Å². The first-order valence-corrected chi connectivity index (χ1v) is 7.34. The molecule has 0 heterocycles. The van der Waals surface area contributed by atoms with Crippen LogP contribution in [-0.2, 0) is 6.42 Å². The average molecular weight is 428 g/mol. The summed E-state index contributed by atoms with van der Waals surface area (Å²) in [6, 6.07) is 4.11. The Labute approximate surface area is 134 Å². The molecule has 2 rings (SSSR count). The highest BCUT2D eigenvalue weighted by molar-refractivity contribution is 9.10. The Kier molecular flexibility index (Phi) is 5.06. The van der Waals surface area contributed by atoms with Crippen molar-refractivity contribution in [2.45, 2.75) is 12.5 Å². The first kappa shape index (κ1) is 16.5. The van der Waals surface area contributed by atoms with Crippen LogP contribution >= 0.6 is 31.9 Å². The molecule has 1 nitrogen and oxygen atoms in total. The minimum Gasteiger partial charge on any atom is -0.388 e. The second-order valence-corrected chi connectivity index (χ2v) is 6.09. The Morgan fingerprint density at radius 1 is 0.952 bits per heavy atom. The quantitative estimate of drug-likeness (QED) is 0.537. The van der Waals surface area contributed by atoms with E-state index in [1.807, 2.05) is 0 Å². The summed E-state index contributed by atoms with van der Waals surface area (Å²) in [5.74, 6) is -3.80. The second kappa shape index (κ2) is 6.46. The van der Waals surface area contributed by atoms with Crippen LogP contribution in [0.1, 0.15) is 17.2 Å². The van der Waals surface area contributed by atoms with Crippen molar-refractivity contribution < 1.29 is 22.7 Å². The van der Waals surface area contributed by atoms with Crippen molar-refractivity contribution in [2.75, 3.05) is 0 Å². The Morgan fingerprint density at radius 2 is 1.52 bits per heavy atom. The number of hydrogen-bond donors (Lipinski definition) is 1. The summed E-state index contributed by atoms with van der Waals surface area (Å²) in [6.07, 6.45) is -2.30. The lowest BCUT2D eigenvalue weighted by atomic mass is 9.99. The third kappa shape index (κ3) is 3.46. The molecule has 1 N–H and O–H groups in total. The minimum absolute atomic E-state index is 0.00264. The van der Waals surface area contributed by atoms with E-state index in [9.17, 15) is 22.7 Å². The number of aliphatic hydroxyl groups is 1. The zero-order valence-corrected chi connectivity index (χ0v) is 13.5. The highest BCUT2D eigenvalue weighted by Crippen LogP contribution is 2.30. The van der Waals surface area contributed by atoms with Gasteiger partial charge in [0.1, 0.15) is 23.3 Å². The van der Waals surface area contributed by atoms with E-state index >= 15 is 0 Å². The van der Waals surface area contributed by atoms with E-state index in [1.165, 1.54) is 6.07 Å². The molecule has 0 aliphatic heterocycles. The predicted molar refractivity (Wildman–Crippen MR) is 76.8 cm³/mol. The van der Waals surface area contributed by atoms with Crippen molar-refractivity contribution >= 4 is 31.9 Å². The normalized spacial score (nSPS) is 12.5. The minimum atomic E-state index is -1.71. The van der Waals surface area contributed by atoms with Crippen LogP contribution in [0.2, 0.25) is 0 Å². The number of benzene rings is 2. The zero-order chi connectivity index (χ0) is 15.7. The van der Waals surface area contributed by atoms with Crippen LogP contribution in [0.25, 0.3) is 0 Å². The van der Waals surface area contributed by atoms with Crippen LogP contribution < -0.4 is 0 Å².